The molecule has 9 nitrogen and oxygen atoms in total. The Labute approximate surface area is 294 Å². The van der Waals surface area contributed by atoms with Crippen LogP contribution in [-0.4, -0.2) is 38.6 Å². The number of rotatable bonds is 12. The van der Waals surface area contributed by atoms with Gasteiger partial charge in [0.1, 0.15) is 17.0 Å². The fourth-order valence-electron chi connectivity index (χ4n) is 6.11. The summed E-state index contributed by atoms with van der Waals surface area (Å²) in [6.07, 6.45) is 1.75. The average Bonchev–Trinajstić information content (AvgIpc) is 3.71. The van der Waals surface area contributed by atoms with Gasteiger partial charge in [-0.1, -0.05) is 108 Å². The summed E-state index contributed by atoms with van der Waals surface area (Å²) < 4.78 is 8.11. The van der Waals surface area contributed by atoms with Crippen molar-refractivity contribution < 1.29 is 14.3 Å². The largest absolute Gasteiger partial charge is 0.480 e. The van der Waals surface area contributed by atoms with Crippen LogP contribution in [0.3, 0.4) is 0 Å². The minimum Gasteiger partial charge on any atom is -0.480 e. The lowest BCUT2D eigenvalue weighted by Crippen LogP contribution is -2.33. The highest BCUT2D eigenvalue weighted by atomic mass is 16.5. The Balaban J connectivity index is 1.23. The number of amides is 2. The van der Waals surface area contributed by atoms with Crippen molar-refractivity contribution in [2.24, 2.45) is 5.10 Å². The minimum atomic E-state index is -0.795. The summed E-state index contributed by atoms with van der Waals surface area (Å²) in [6, 6.07) is 29.9. The van der Waals surface area contributed by atoms with Crippen LogP contribution in [0.2, 0.25) is 0 Å². The normalized spacial score (nSPS) is 15.7. The van der Waals surface area contributed by atoms with E-state index in [1.54, 1.807) is 28.9 Å². The van der Waals surface area contributed by atoms with Crippen molar-refractivity contribution in [1.29, 1.82) is 0 Å². The fourth-order valence-corrected chi connectivity index (χ4v) is 6.11. The predicted molar refractivity (Wildman–Crippen MR) is 200 cm³/mol. The van der Waals surface area contributed by atoms with Gasteiger partial charge in [0.15, 0.2) is 12.1 Å². The Morgan fingerprint density at radius 1 is 0.860 bits per heavy atom. The molecule has 2 heterocycles. The number of nitrogens with zero attached hydrogens (tertiary/aromatic N) is 5. The zero-order valence-corrected chi connectivity index (χ0v) is 30.0. The summed E-state index contributed by atoms with van der Waals surface area (Å²) in [6.45, 7) is 15.3. The van der Waals surface area contributed by atoms with Crippen LogP contribution in [0.4, 0.5) is 11.4 Å². The molecule has 50 heavy (non-hydrogen) atoms. The van der Waals surface area contributed by atoms with E-state index >= 15 is 0 Å². The lowest BCUT2D eigenvalue weighted by atomic mass is 9.76. The Bertz CT molecular complexity index is 2030. The van der Waals surface area contributed by atoms with Gasteiger partial charge in [-0.05, 0) is 78.1 Å². The first kappa shape index (κ1) is 34.5. The number of para-hydroxylation sites is 1. The number of hydrazone groups is 1. The van der Waals surface area contributed by atoms with Crippen LogP contribution >= 0.6 is 0 Å². The predicted octanol–water partition coefficient (Wildman–Crippen LogP) is 8.59. The Morgan fingerprint density at radius 3 is 2.22 bits per heavy atom. The second-order valence-electron chi connectivity index (χ2n) is 14.2. The number of aromatic nitrogens is 3. The third-order valence-electron chi connectivity index (χ3n) is 10.2. The smallest absolute Gasteiger partial charge is 0.278 e. The van der Waals surface area contributed by atoms with Crippen LogP contribution < -0.4 is 15.1 Å². The number of anilines is 2. The zero-order valence-electron chi connectivity index (χ0n) is 30.0. The number of carbonyl (C=O) groups excluding carboxylic acids is 2. The number of fused-ring (bicyclic) bond motifs is 1. The van der Waals surface area contributed by atoms with Gasteiger partial charge in [-0.15, -0.1) is 5.10 Å². The SMILES string of the molecule is CCC(Oc1ccc(C(C)(C)CC)cc1C(C)(C)CC)C(=O)Nc1ccc(N2N=C(c3ccccc3)C(n3nnc4ccccc43)C2=O)cc1. The van der Waals surface area contributed by atoms with Crippen LogP contribution in [0.5, 0.6) is 5.75 Å². The zero-order chi connectivity index (χ0) is 35.6. The quantitative estimate of drug-likeness (QED) is 0.143. The molecule has 2 amide bonds. The molecule has 1 N–H and O–H groups in total. The second-order valence-corrected chi connectivity index (χ2v) is 14.2. The van der Waals surface area contributed by atoms with Crippen LogP contribution in [0, 0.1) is 0 Å². The minimum absolute atomic E-state index is 0.0323. The molecule has 0 aliphatic carbocycles. The first-order valence-electron chi connectivity index (χ1n) is 17.5. The third-order valence-corrected chi connectivity index (χ3v) is 10.2. The van der Waals surface area contributed by atoms with Crippen molar-refractivity contribution in [3.8, 4) is 5.75 Å². The van der Waals surface area contributed by atoms with Crippen molar-refractivity contribution in [2.75, 3.05) is 10.3 Å². The van der Waals surface area contributed by atoms with Gasteiger partial charge in [0.05, 0.1) is 11.2 Å². The first-order valence-corrected chi connectivity index (χ1v) is 17.5. The van der Waals surface area contributed by atoms with Crippen molar-refractivity contribution in [3.63, 3.8) is 0 Å². The molecule has 9 heteroatoms. The molecule has 6 rings (SSSR count). The second kappa shape index (κ2) is 13.9. The monoisotopic (exact) mass is 670 g/mol. The third kappa shape index (κ3) is 6.64. The summed E-state index contributed by atoms with van der Waals surface area (Å²) in [5, 5.41) is 17.9. The van der Waals surface area contributed by atoms with Gasteiger partial charge < -0.3 is 10.1 Å². The van der Waals surface area contributed by atoms with E-state index in [0.717, 1.165) is 35.2 Å². The Morgan fingerprint density at radius 2 is 1.54 bits per heavy atom. The van der Waals surface area contributed by atoms with E-state index in [9.17, 15) is 9.59 Å². The maximum Gasteiger partial charge on any atom is 0.278 e. The van der Waals surface area contributed by atoms with E-state index < -0.39 is 12.1 Å². The van der Waals surface area contributed by atoms with E-state index in [0.29, 0.717) is 29.0 Å². The van der Waals surface area contributed by atoms with E-state index in [4.69, 9.17) is 9.84 Å². The molecular weight excluding hydrogens is 624 g/mol. The van der Waals surface area contributed by atoms with Gasteiger partial charge in [0, 0.05) is 16.8 Å². The summed E-state index contributed by atoms with van der Waals surface area (Å²) in [4.78, 5) is 27.6. The molecule has 2 unspecified atom stereocenters. The highest BCUT2D eigenvalue weighted by Crippen LogP contribution is 2.39. The maximum atomic E-state index is 14.0. The first-order chi connectivity index (χ1) is 24.0. The summed E-state index contributed by atoms with van der Waals surface area (Å²) in [5.74, 6) is 0.243. The number of hydrogen-bond donors (Lipinski definition) is 1. The number of hydrogen-bond acceptors (Lipinski definition) is 6. The number of ether oxygens (including phenoxy) is 1. The van der Waals surface area contributed by atoms with Crippen LogP contribution in [-0.2, 0) is 20.4 Å². The van der Waals surface area contributed by atoms with E-state index in [-0.39, 0.29) is 22.6 Å². The van der Waals surface area contributed by atoms with E-state index in [1.807, 2.05) is 67.6 Å². The molecule has 258 valence electrons. The molecule has 0 bridgehead atoms. The molecule has 1 aromatic heterocycles. The fraction of sp³-hybridized carbons (Fsp3) is 0.341. The van der Waals surface area contributed by atoms with Crippen LogP contribution in [0.25, 0.3) is 11.0 Å². The van der Waals surface area contributed by atoms with Crippen LogP contribution in [0.1, 0.15) is 90.5 Å². The van der Waals surface area contributed by atoms with Gasteiger partial charge in [-0.25, -0.2) is 4.68 Å². The van der Waals surface area contributed by atoms with Gasteiger partial charge in [-0.2, -0.15) is 10.1 Å². The number of nitrogens with one attached hydrogen (secondary N) is 1. The molecule has 1 aliphatic heterocycles. The van der Waals surface area contributed by atoms with Gasteiger partial charge >= 0.3 is 0 Å². The van der Waals surface area contributed by atoms with E-state index in [2.05, 4.69) is 69.3 Å². The van der Waals surface area contributed by atoms with Gasteiger partial charge in [0.25, 0.3) is 11.8 Å². The summed E-state index contributed by atoms with van der Waals surface area (Å²) in [5.41, 5.74) is 6.26. The molecule has 1 aliphatic rings. The molecule has 0 saturated carbocycles. The lowest BCUT2D eigenvalue weighted by Gasteiger charge is -2.31. The standard InChI is InChI=1S/C41H46N6O3/c1-8-34(50-35-25-20-28(40(4,5)9-2)26-31(35)41(6,7)10-3)38(48)42-29-21-23-30(24-22-29)46-39(49)37(36(44-46)27-16-12-11-13-17-27)47-33-19-15-14-18-32(33)43-45-47/h11-26,34,37H,8-10H2,1-7H3,(H,42,48). The molecule has 2 atom stereocenters. The van der Waals surface area contributed by atoms with Crippen molar-refractivity contribution in [2.45, 2.75) is 90.7 Å². The molecule has 5 aromatic rings. The number of carbonyl (C=O) groups is 2. The summed E-state index contributed by atoms with van der Waals surface area (Å²) >= 11 is 0. The molecule has 0 spiro atoms. The average molecular weight is 671 g/mol. The highest BCUT2D eigenvalue weighted by Gasteiger charge is 2.40. The summed E-state index contributed by atoms with van der Waals surface area (Å²) in [7, 11) is 0. The topological polar surface area (TPSA) is 102 Å². The van der Waals surface area contributed by atoms with Crippen molar-refractivity contribution in [3.05, 3.63) is 114 Å². The van der Waals surface area contributed by atoms with Crippen LogP contribution in [0.15, 0.2) is 102 Å². The molecule has 0 fully saturated rings. The Hall–Kier alpha value is -5.31. The maximum absolute atomic E-state index is 14.0. The molecule has 0 radical (unpaired) electrons. The van der Waals surface area contributed by atoms with E-state index in [1.165, 1.54) is 10.6 Å². The molecular formula is C41H46N6O3. The lowest BCUT2D eigenvalue weighted by molar-refractivity contribution is -0.123. The Kier molecular flexibility index (Phi) is 9.60. The number of benzene rings is 4. The van der Waals surface area contributed by atoms with Crippen molar-refractivity contribution >= 4 is 39.9 Å². The van der Waals surface area contributed by atoms with Crippen molar-refractivity contribution in [1.82, 2.24) is 15.0 Å². The molecule has 0 saturated heterocycles. The van der Waals surface area contributed by atoms with Gasteiger partial charge in [-0.3, -0.25) is 9.59 Å². The molecule has 4 aromatic carbocycles. The highest BCUT2D eigenvalue weighted by molar-refractivity contribution is 6.23. The van der Waals surface area contributed by atoms with Gasteiger partial charge in [0.2, 0.25) is 0 Å².